The van der Waals surface area contributed by atoms with Crippen molar-refractivity contribution in [3.05, 3.63) is 23.3 Å². The highest BCUT2D eigenvalue weighted by Crippen LogP contribution is 2.38. The molecule has 0 saturated heterocycles. The fraction of sp³-hybridized carbons (Fsp3) is 0.462. The zero-order valence-corrected chi connectivity index (χ0v) is 11.1. The minimum Gasteiger partial charge on any atom is -0.496 e. The lowest BCUT2D eigenvalue weighted by Gasteiger charge is -2.19. The Morgan fingerprint density at radius 2 is 2.19 bits per heavy atom. The summed E-state index contributed by atoms with van der Waals surface area (Å²) in [5.74, 6) is 1.12. The molecule has 2 nitrogen and oxygen atoms in total. The molecule has 88 valence electrons. The number of carbonyl (C=O) groups is 1. The topological polar surface area (TPSA) is 26.3 Å². The smallest absolute Gasteiger partial charge is 0.126 e. The minimum atomic E-state index is 0.204. The summed E-state index contributed by atoms with van der Waals surface area (Å²) in [6, 6.07) is 4.15. The van der Waals surface area contributed by atoms with Gasteiger partial charge >= 0.3 is 0 Å². The number of methoxy groups -OCH3 is 1. The van der Waals surface area contributed by atoms with Crippen LogP contribution in [0, 0.1) is 6.92 Å². The van der Waals surface area contributed by atoms with Crippen molar-refractivity contribution < 1.29 is 9.53 Å². The van der Waals surface area contributed by atoms with Gasteiger partial charge in [0.25, 0.3) is 0 Å². The Morgan fingerprint density at radius 1 is 1.50 bits per heavy atom. The Balaban J connectivity index is 3.29. The maximum atomic E-state index is 10.6. The van der Waals surface area contributed by atoms with E-state index < -0.39 is 0 Å². The predicted molar refractivity (Wildman–Crippen MR) is 68.6 cm³/mol. The van der Waals surface area contributed by atoms with Gasteiger partial charge in [0.1, 0.15) is 12.0 Å². The molecule has 1 rings (SSSR count). The summed E-state index contributed by atoms with van der Waals surface area (Å²) in [6.07, 6.45) is 3.55. The van der Waals surface area contributed by atoms with Crippen LogP contribution in [-0.4, -0.2) is 19.7 Å². The zero-order chi connectivity index (χ0) is 12.1. The van der Waals surface area contributed by atoms with Crippen molar-refractivity contribution in [3.8, 4) is 5.75 Å². The normalized spacial score (nSPS) is 12.2. The first-order chi connectivity index (χ1) is 7.65. The number of ether oxygens (including phenoxy) is 1. The first kappa shape index (κ1) is 13.1. The standard InChI is InChI=1S/C13H18O2S/c1-9(7-8-14)12-11(16-4)6-5-10(2)13(12)15-3/h5-6,8-9H,7H2,1-4H3. The van der Waals surface area contributed by atoms with Gasteiger partial charge in [-0.1, -0.05) is 13.0 Å². The molecule has 0 saturated carbocycles. The Kier molecular flexibility index (Phi) is 4.87. The third-order valence-corrected chi connectivity index (χ3v) is 3.52. The Labute approximate surface area is 101 Å². The van der Waals surface area contributed by atoms with Gasteiger partial charge < -0.3 is 9.53 Å². The van der Waals surface area contributed by atoms with Gasteiger partial charge in [0.15, 0.2) is 0 Å². The molecule has 0 amide bonds. The summed E-state index contributed by atoms with van der Waals surface area (Å²) in [7, 11) is 1.68. The minimum absolute atomic E-state index is 0.204. The molecule has 0 aliphatic rings. The van der Waals surface area contributed by atoms with Crippen molar-refractivity contribution in [2.45, 2.75) is 31.1 Å². The molecule has 1 unspecified atom stereocenters. The van der Waals surface area contributed by atoms with Crippen LogP contribution in [0.25, 0.3) is 0 Å². The van der Waals surface area contributed by atoms with E-state index >= 15 is 0 Å². The van der Waals surface area contributed by atoms with Crippen molar-refractivity contribution in [3.63, 3.8) is 0 Å². The van der Waals surface area contributed by atoms with E-state index in [-0.39, 0.29) is 5.92 Å². The monoisotopic (exact) mass is 238 g/mol. The van der Waals surface area contributed by atoms with E-state index in [2.05, 4.69) is 19.1 Å². The summed E-state index contributed by atoms with van der Waals surface area (Å²) in [6.45, 7) is 4.09. The van der Waals surface area contributed by atoms with Gasteiger partial charge in [-0.15, -0.1) is 11.8 Å². The molecule has 0 aliphatic carbocycles. The Hall–Kier alpha value is -0.960. The first-order valence-electron chi connectivity index (χ1n) is 5.30. The fourth-order valence-electron chi connectivity index (χ4n) is 1.87. The van der Waals surface area contributed by atoms with Crippen LogP contribution >= 0.6 is 11.8 Å². The highest BCUT2D eigenvalue weighted by atomic mass is 32.2. The largest absolute Gasteiger partial charge is 0.496 e. The van der Waals surface area contributed by atoms with Crippen LogP contribution in [0.2, 0.25) is 0 Å². The highest BCUT2D eigenvalue weighted by Gasteiger charge is 2.17. The molecular weight excluding hydrogens is 220 g/mol. The van der Waals surface area contributed by atoms with E-state index in [1.165, 1.54) is 4.90 Å². The van der Waals surface area contributed by atoms with E-state index in [9.17, 15) is 4.79 Å². The van der Waals surface area contributed by atoms with Crippen molar-refractivity contribution in [1.82, 2.24) is 0 Å². The first-order valence-corrected chi connectivity index (χ1v) is 6.53. The van der Waals surface area contributed by atoms with E-state index in [4.69, 9.17) is 4.74 Å². The molecule has 0 fully saturated rings. The molecular formula is C13H18O2S. The summed E-state index contributed by atoms with van der Waals surface area (Å²) >= 11 is 1.69. The van der Waals surface area contributed by atoms with Crippen molar-refractivity contribution >= 4 is 18.0 Å². The average Bonchev–Trinajstić information content (AvgIpc) is 2.28. The molecule has 16 heavy (non-hydrogen) atoms. The average molecular weight is 238 g/mol. The van der Waals surface area contributed by atoms with Gasteiger partial charge in [-0.25, -0.2) is 0 Å². The SMILES string of the molecule is COc1c(C)ccc(SC)c1C(C)CC=O. The maximum Gasteiger partial charge on any atom is 0.126 e. The number of hydrogen-bond acceptors (Lipinski definition) is 3. The van der Waals surface area contributed by atoms with Crippen LogP contribution in [-0.2, 0) is 4.79 Å². The van der Waals surface area contributed by atoms with E-state index in [1.807, 2.05) is 13.2 Å². The quantitative estimate of drug-likeness (QED) is 0.581. The van der Waals surface area contributed by atoms with E-state index in [0.29, 0.717) is 6.42 Å². The molecule has 0 spiro atoms. The molecule has 0 N–H and O–H groups in total. The van der Waals surface area contributed by atoms with Crippen molar-refractivity contribution in [1.29, 1.82) is 0 Å². The third kappa shape index (κ3) is 2.59. The lowest BCUT2D eigenvalue weighted by molar-refractivity contribution is -0.108. The van der Waals surface area contributed by atoms with Crippen LogP contribution in [0.15, 0.2) is 17.0 Å². The van der Waals surface area contributed by atoms with Crippen LogP contribution in [0.3, 0.4) is 0 Å². The molecule has 0 bridgehead atoms. The Morgan fingerprint density at radius 3 is 2.69 bits per heavy atom. The van der Waals surface area contributed by atoms with Gasteiger partial charge in [-0.2, -0.15) is 0 Å². The predicted octanol–water partition coefficient (Wildman–Crippen LogP) is 3.42. The molecule has 0 aromatic heterocycles. The van der Waals surface area contributed by atoms with E-state index in [0.717, 1.165) is 23.2 Å². The van der Waals surface area contributed by atoms with Crippen LogP contribution in [0.5, 0.6) is 5.75 Å². The zero-order valence-electron chi connectivity index (χ0n) is 10.2. The van der Waals surface area contributed by atoms with Gasteiger partial charge in [0.2, 0.25) is 0 Å². The molecule has 1 aromatic rings. The number of benzene rings is 1. The van der Waals surface area contributed by atoms with Gasteiger partial charge in [0.05, 0.1) is 7.11 Å². The summed E-state index contributed by atoms with van der Waals surface area (Å²) in [5, 5.41) is 0. The number of thioether (sulfide) groups is 1. The summed E-state index contributed by atoms with van der Waals surface area (Å²) < 4.78 is 5.46. The molecule has 1 atom stereocenters. The second-order valence-electron chi connectivity index (χ2n) is 3.84. The van der Waals surface area contributed by atoms with Gasteiger partial charge in [0, 0.05) is 16.9 Å². The summed E-state index contributed by atoms with van der Waals surface area (Å²) in [5.41, 5.74) is 2.27. The molecule has 0 heterocycles. The number of carbonyl (C=O) groups excluding carboxylic acids is 1. The molecule has 1 aromatic carbocycles. The van der Waals surface area contributed by atoms with Gasteiger partial charge in [-0.3, -0.25) is 0 Å². The second-order valence-corrected chi connectivity index (χ2v) is 4.68. The van der Waals surface area contributed by atoms with Gasteiger partial charge in [-0.05, 0) is 30.7 Å². The lowest BCUT2D eigenvalue weighted by atomic mass is 9.95. The van der Waals surface area contributed by atoms with Crippen molar-refractivity contribution in [2.24, 2.45) is 0 Å². The summed E-state index contributed by atoms with van der Waals surface area (Å²) in [4.78, 5) is 11.8. The van der Waals surface area contributed by atoms with E-state index in [1.54, 1.807) is 18.9 Å². The molecule has 0 aliphatic heterocycles. The van der Waals surface area contributed by atoms with Crippen LogP contribution in [0.1, 0.15) is 30.4 Å². The Bertz CT molecular complexity index is 374. The van der Waals surface area contributed by atoms with Crippen LogP contribution in [0.4, 0.5) is 0 Å². The van der Waals surface area contributed by atoms with Crippen LogP contribution < -0.4 is 4.74 Å². The second kappa shape index (κ2) is 5.94. The fourth-order valence-corrected chi connectivity index (χ4v) is 2.59. The third-order valence-electron chi connectivity index (χ3n) is 2.72. The molecule has 3 heteroatoms. The maximum absolute atomic E-state index is 10.6. The molecule has 0 radical (unpaired) electrons. The number of rotatable bonds is 5. The van der Waals surface area contributed by atoms with Crippen molar-refractivity contribution in [2.75, 3.05) is 13.4 Å². The number of aryl methyl sites for hydroxylation is 1. The lowest BCUT2D eigenvalue weighted by Crippen LogP contribution is -2.02. The highest BCUT2D eigenvalue weighted by molar-refractivity contribution is 7.98. The number of aldehydes is 1. The number of hydrogen-bond donors (Lipinski definition) is 0.